The van der Waals surface area contributed by atoms with E-state index in [1.54, 1.807) is 6.07 Å². The Bertz CT molecular complexity index is 452. The van der Waals surface area contributed by atoms with Gasteiger partial charge in [-0.1, -0.05) is 18.9 Å². The van der Waals surface area contributed by atoms with Crippen LogP contribution in [0, 0.1) is 11.7 Å². The number of amides is 1. The highest BCUT2D eigenvalue weighted by atomic mass is 19.1. The van der Waals surface area contributed by atoms with Gasteiger partial charge in [0.1, 0.15) is 11.6 Å². The van der Waals surface area contributed by atoms with Crippen molar-refractivity contribution in [3.05, 3.63) is 30.1 Å². The fourth-order valence-electron chi connectivity index (χ4n) is 2.57. The van der Waals surface area contributed by atoms with Crippen molar-refractivity contribution in [1.29, 1.82) is 0 Å². The zero-order valence-corrected chi connectivity index (χ0v) is 11.3. The van der Waals surface area contributed by atoms with Crippen LogP contribution in [0.15, 0.2) is 24.3 Å². The smallest absolute Gasteiger partial charge is 0.258 e. The predicted molar refractivity (Wildman–Crippen MR) is 72.9 cm³/mol. The van der Waals surface area contributed by atoms with Gasteiger partial charge in [0.2, 0.25) is 0 Å². The lowest BCUT2D eigenvalue weighted by Gasteiger charge is -2.30. The van der Waals surface area contributed by atoms with Gasteiger partial charge < -0.3 is 15.2 Å². The van der Waals surface area contributed by atoms with E-state index in [2.05, 4.69) is 5.32 Å². The van der Waals surface area contributed by atoms with Crippen molar-refractivity contribution in [2.24, 2.45) is 5.92 Å². The van der Waals surface area contributed by atoms with E-state index >= 15 is 0 Å². The minimum atomic E-state index is -0.393. The highest BCUT2D eigenvalue weighted by molar-refractivity contribution is 5.77. The lowest BCUT2D eigenvalue weighted by molar-refractivity contribution is -0.124. The van der Waals surface area contributed by atoms with Crippen molar-refractivity contribution in [2.45, 2.75) is 31.7 Å². The Hall–Kier alpha value is -1.62. The topological polar surface area (TPSA) is 58.6 Å². The van der Waals surface area contributed by atoms with Gasteiger partial charge in [-0.05, 0) is 25.0 Å². The van der Waals surface area contributed by atoms with Crippen LogP contribution >= 0.6 is 0 Å². The molecule has 0 spiro atoms. The third kappa shape index (κ3) is 4.20. The number of aliphatic hydroxyl groups excluding tert-OH is 1. The molecule has 1 aliphatic rings. The van der Waals surface area contributed by atoms with E-state index in [1.807, 2.05) is 0 Å². The molecule has 1 aliphatic carbocycles. The Kier molecular flexibility index (Phi) is 5.35. The molecule has 0 aliphatic heterocycles. The number of carbonyl (C=O) groups is 1. The molecule has 0 heterocycles. The first kappa shape index (κ1) is 14.8. The lowest BCUT2D eigenvalue weighted by atomic mass is 9.85. The number of hydrogen-bond acceptors (Lipinski definition) is 3. The van der Waals surface area contributed by atoms with Crippen LogP contribution in [0.25, 0.3) is 0 Å². The maximum absolute atomic E-state index is 13.0. The molecular weight excluding hydrogens is 261 g/mol. The van der Waals surface area contributed by atoms with E-state index in [-0.39, 0.29) is 31.1 Å². The SMILES string of the molecule is O=C(COc1cccc(F)c1)NC1CCCCC1CO. The maximum atomic E-state index is 13.0. The fraction of sp³-hybridized carbons (Fsp3) is 0.533. The molecule has 0 aromatic heterocycles. The molecule has 1 aromatic rings. The number of hydrogen-bond donors (Lipinski definition) is 2. The summed E-state index contributed by atoms with van der Waals surface area (Å²) in [5, 5.41) is 12.2. The third-order valence-electron chi connectivity index (χ3n) is 3.66. The average Bonchev–Trinajstić information content (AvgIpc) is 2.46. The molecule has 4 nitrogen and oxygen atoms in total. The number of aliphatic hydroxyl groups is 1. The average molecular weight is 281 g/mol. The molecule has 2 N–H and O–H groups in total. The van der Waals surface area contributed by atoms with E-state index < -0.39 is 5.82 Å². The highest BCUT2D eigenvalue weighted by Crippen LogP contribution is 2.23. The van der Waals surface area contributed by atoms with Crippen LogP contribution in [-0.2, 0) is 4.79 Å². The first-order chi connectivity index (χ1) is 9.69. The Morgan fingerprint density at radius 2 is 2.20 bits per heavy atom. The van der Waals surface area contributed by atoms with Crippen LogP contribution in [0.2, 0.25) is 0 Å². The van der Waals surface area contributed by atoms with Crippen molar-refractivity contribution in [3.8, 4) is 5.75 Å². The summed E-state index contributed by atoms with van der Waals surface area (Å²) in [6.45, 7) is -0.0478. The molecule has 0 bridgehead atoms. The Morgan fingerprint density at radius 3 is 2.95 bits per heavy atom. The zero-order valence-electron chi connectivity index (χ0n) is 11.3. The van der Waals surface area contributed by atoms with Gasteiger partial charge >= 0.3 is 0 Å². The summed E-state index contributed by atoms with van der Waals surface area (Å²) in [7, 11) is 0. The summed E-state index contributed by atoms with van der Waals surface area (Å²) in [6.07, 6.45) is 3.98. The van der Waals surface area contributed by atoms with Gasteiger partial charge in [-0.2, -0.15) is 0 Å². The summed E-state index contributed by atoms with van der Waals surface area (Å²) in [4.78, 5) is 11.8. The molecule has 1 amide bonds. The molecule has 5 heteroatoms. The number of halogens is 1. The van der Waals surface area contributed by atoms with Crippen molar-refractivity contribution in [2.75, 3.05) is 13.2 Å². The predicted octanol–water partition coefficient (Wildman–Crippen LogP) is 1.87. The lowest BCUT2D eigenvalue weighted by Crippen LogP contribution is -2.45. The van der Waals surface area contributed by atoms with Crippen molar-refractivity contribution >= 4 is 5.91 Å². The zero-order chi connectivity index (χ0) is 14.4. The molecule has 20 heavy (non-hydrogen) atoms. The maximum Gasteiger partial charge on any atom is 0.258 e. The number of ether oxygens (including phenoxy) is 1. The van der Waals surface area contributed by atoms with Crippen molar-refractivity contribution in [1.82, 2.24) is 5.32 Å². The molecule has 1 fully saturated rings. The van der Waals surface area contributed by atoms with Crippen LogP contribution in [0.3, 0.4) is 0 Å². The molecule has 1 saturated carbocycles. The first-order valence-corrected chi connectivity index (χ1v) is 6.97. The molecule has 1 aromatic carbocycles. The van der Waals surface area contributed by atoms with E-state index in [4.69, 9.17) is 4.74 Å². The van der Waals surface area contributed by atoms with Crippen molar-refractivity contribution < 1.29 is 19.0 Å². The van der Waals surface area contributed by atoms with E-state index in [9.17, 15) is 14.3 Å². The molecule has 0 radical (unpaired) electrons. The minimum Gasteiger partial charge on any atom is -0.484 e. The number of rotatable bonds is 5. The normalized spacial score (nSPS) is 22.3. The summed E-state index contributed by atoms with van der Waals surface area (Å²) in [5.41, 5.74) is 0. The summed E-state index contributed by atoms with van der Waals surface area (Å²) >= 11 is 0. The van der Waals surface area contributed by atoms with E-state index in [1.165, 1.54) is 18.2 Å². The van der Waals surface area contributed by atoms with E-state index in [0.717, 1.165) is 25.7 Å². The Balaban J connectivity index is 1.80. The summed E-state index contributed by atoms with van der Waals surface area (Å²) < 4.78 is 18.2. The monoisotopic (exact) mass is 281 g/mol. The third-order valence-corrected chi connectivity index (χ3v) is 3.66. The first-order valence-electron chi connectivity index (χ1n) is 6.97. The van der Waals surface area contributed by atoms with Crippen LogP contribution < -0.4 is 10.1 Å². The van der Waals surface area contributed by atoms with Gasteiger partial charge in [-0.25, -0.2) is 4.39 Å². The molecule has 2 rings (SSSR count). The number of carbonyl (C=O) groups excluding carboxylic acids is 1. The van der Waals surface area contributed by atoms with Crippen LogP contribution in [-0.4, -0.2) is 30.3 Å². The largest absolute Gasteiger partial charge is 0.484 e. The van der Waals surface area contributed by atoms with Crippen LogP contribution in [0.5, 0.6) is 5.75 Å². The van der Waals surface area contributed by atoms with Crippen LogP contribution in [0.4, 0.5) is 4.39 Å². The second kappa shape index (κ2) is 7.24. The quantitative estimate of drug-likeness (QED) is 0.866. The van der Waals surface area contributed by atoms with Crippen LogP contribution in [0.1, 0.15) is 25.7 Å². The van der Waals surface area contributed by atoms with Gasteiger partial charge in [0.15, 0.2) is 6.61 Å². The standard InChI is InChI=1S/C15H20FNO3/c16-12-5-3-6-13(8-12)20-10-15(19)17-14-7-2-1-4-11(14)9-18/h3,5-6,8,11,14,18H,1-2,4,7,9-10H2,(H,17,19). The fourth-order valence-corrected chi connectivity index (χ4v) is 2.57. The second-order valence-corrected chi connectivity index (χ2v) is 5.15. The van der Waals surface area contributed by atoms with Gasteiger partial charge in [0.25, 0.3) is 5.91 Å². The van der Waals surface area contributed by atoms with Gasteiger partial charge in [-0.15, -0.1) is 0 Å². The molecule has 2 atom stereocenters. The summed E-state index contributed by atoms with van der Waals surface area (Å²) in [6, 6.07) is 5.71. The minimum absolute atomic E-state index is 0.0114. The highest BCUT2D eigenvalue weighted by Gasteiger charge is 2.25. The second-order valence-electron chi connectivity index (χ2n) is 5.15. The number of benzene rings is 1. The van der Waals surface area contributed by atoms with Gasteiger partial charge in [0.05, 0.1) is 0 Å². The Labute approximate surface area is 117 Å². The van der Waals surface area contributed by atoms with Gasteiger partial charge in [0, 0.05) is 24.6 Å². The number of nitrogens with one attached hydrogen (secondary N) is 1. The molecule has 0 saturated heterocycles. The summed E-state index contributed by atoms with van der Waals surface area (Å²) in [5.74, 6) is -0.167. The Morgan fingerprint density at radius 1 is 1.40 bits per heavy atom. The molecular formula is C15H20FNO3. The van der Waals surface area contributed by atoms with E-state index in [0.29, 0.717) is 5.75 Å². The van der Waals surface area contributed by atoms with Gasteiger partial charge in [-0.3, -0.25) is 4.79 Å². The van der Waals surface area contributed by atoms with Crippen molar-refractivity contribution in [3.63, 3.8) is 0 Å². The molecule has 110 valence electrons. The molecule has 2 unspecified atom stereocenters.